The van der Waals surface area contributed by atoms with Gasteiger partial charge in [0.15, 0.2) is 17.3 Å². The maximum absolute atomic E-state index is 13.7. The molecule has 2 atom stereocenters. The number of benzene rings is 2. The maximum atomic E-state index is 13.7. The standard InChI is InChI=1S/C26H26BrNO6/c1-13-22(26(31)34-4)23(15-9-17(27)25(30)21(12-15)33-3)24-18(28-13)10-14(11-19(24)29)16-7-5-6-8-20(16)32-2/h5-9,12,14,23,28,30H,10-11H2,1-4H3/t14-,23+/m0/s1. The van der Waals surface area contributed by atoms with Crippen molar-refractivity contribution in [2.75, 3.05) is 21.3 Å². The number of phenols is 1. The van der Waals surface area contributed by atoms with Crippen molar-refractivity contribution in [3.63, 3.8) is 0 Å². The number of ether oxygens (including phenoxy) is 3. The number of ketones is 1. The van der Waals surface area contributed by atoms with Crippen molar-refractivity contribution in [1.82, 2.24) is 5.32 Å². The summed E-state index contributed by atoms with van der Waals surface area (Å²) in [5.74, 6) is -0.393. The molecule has 0 saturated carbocycles. The monoisotopic (exact) mass is 527 g/mol. The van der Waals surface area contributed by atoms with Crippen LogP contribution in [0.15, 0.2) is 63.4 Å². The largest absolute Gasteiger partial charge is 0.503 e. The van der Waals surface area contributed by atoms with Crippen molar-refractivity contribution in [3.05, 3.63) is 74.5 Å². The van der Waals surface area contributed by atoms with Gasteiger partial charge in [0.05, 0.1) is 31.4 Å². The minimum absolute atomic E-state index is 0.0547. The molecule has 4 rings (SSSR count). The maximum Gasteiger partial charge on any atom is 0.336 e. The quantitative estimate of drug-likeness (QED) is 0.543. The molecule has 2 aromatic carbocycles. The Morgan fingerprint density at radius 2 is 1.79 bits per heavy atom. The van der Waals surface area contributed by atoms with E-state index in [-0.39, 0.29) is 29.6 Å². The molecule has 34 heavy (non-hydrogen) atoms. The van der Waals surface area contributed by atoms with Gasteiger partial charge < -0.3 is 24.6 Å². The van der Waals surface area contributed by atoms with Gasteiger partial charge in [-0.3, -0.25) is 4.79 Å². The van der Waals surface area contributed by atoms with Gasteiger partial charge in [0.25, 0.3) is 0 Å². The Bertz CT molecular complexity index is 1230. The van der Waals surface area contributed by atoms with Crippen LogP contribution in [0.5, 0.6) is 17.2 Å². The molecule has 1 aliphatic carbocycles. The van der Waals surface area contributed by atoms with E-state index >= 15 is 0 Å². The van der Waals surface area contributed by atoms with Crippen LogP contribution in [0, 0.1) is 0 Å². The first kappa shape index (κ1) is 23.9. The van der Waals surface area contributed by atoms with Crippen LogP contribution >= 0.6 is 15.9 Å². The van der Waals surface area contributed by atoms with E-state index in [2.05, 4.69) is 21.2 Å². The molecule has 0 spiro atoms. The number of nitrogens with one attached hydrogen (secondary N) is 1. The summed E-state index contributed by atoms with van der Waals surface area (Å²) in [5, 5.41) is 13.6. The zero-order valence-electron chi connectivity index (χ0n) is 19.4. The van der Waals surface area contributed by atoms with E-state index in [1.54, 1.807) is 26.2 Å². The average molecular weight is 528 g/mol. The number of carbonyl (C=O) groups is 2. The summed E-state index contributed by atoms with van der Waals surface area (Å²) in [6.45, 7) is 1.80. The molecule has 1 aliphatic heterocycles. The van der Waals surface area contributed by atoms with Crippen molar-refractivity contribution >= 4 is 27.7 Å². The van der Waals surface area contributed by atoms with E-state index in [0.29, 0.717) is 33.3 Å². The molecule has 1 heterocycles. The smallest absolute Gasteiger partial charge is 0.336 e. The minimum atomic E-state index is -0.666. The van der Waals surface area contributed by atoms with Crippen LogP contribution in [-0.2, 0) is 14.3 Å². The molecular weight excluding hydrogens is 502 g/mol. The SMILES string of the molecule is COC(=O)C1=C(C)NC2=C(C(=O)C[C@@H](c3ccccc3OC)C2)[C@@H]1c1cc(Br)c(O)c(OC)c1. The molecular formula is C26H26BrNO6. The number of phenolic OH excluding ortho intramolecular Hbond substituents is 1. The summed E-state index contributed by atoms with van der Waals surface area (Å²) >= 11 is 3.36. The van der Waals surface area contributed by atoms with E-state index in [9.17, 15) is 14.7 Å². The van der Waals surface area contributed by atoms with Crippen molar-refractivity contribution in [2.45, 2.75) is 31.6 Å². The highest BCUT2D eigenvalue weighted by atomic mass is 79.9. The molecule has 0 aromatic heterocycles. The Kier molecular flexibility index (Phi) is 6.70. The second-order valence-electron chi connectivity index (χ2n) is 8.30. The third-order valence-corrected chi connectivity index (χ3v) is 7.02. The highest BCUT2D eigenvalue weighted by Crippen LogP contribution is 2.48. The number of methoxy groups -OCH3 is 3. The fraction of sp³-hybridized carbons (Fsp3) is 0.308. The van der Waals surface area contributed by atoms with Crippen LogP contribution in [0.25, 0.3) is 0 Å². The van der Waals surface area contributed by atoms with Crippen LogP contribution in [0.2, 0.25) is 0 Å². The van der Waals surface area contributed by atoms with Gasteiger partial charge in [-0.15, -0.1) is 0 Å². The topological polar surface area (TPSA) is 94.1 Å². The number of rotatable bonds is 5. The number of hydrogen-bond donors (Lipinski definition) is 2. The molecule has 0 unspecified atom stereocenters. The number of esters is 1. The minimum Gasteiger partial charge on any atom is -0.503 e. The van der Waals surface area contributed by atoms with Gasteiger partial charge >= 0.3 is 5.97 Å². The predicted molar refractivity (Wildman–Crippen MR) is 130 cm³/mol. The van der Waals surface area contributed by atoms with E-state index in [4.69, 9.17) is 14.2 Å². The Labute approximate surface area is 206 Å². The number of Topliss-reactive ketones (excluding diaryl/α,β-unsaturated/α-hetero) is 1. The number of dihydropyridines is 1. The summed E-state index contributed by atoms with van der Waals surface area (Å²) in [6, 6.07) is 11.1. The number of para-hydroxylation sites is 1. The van der Waals surface area contributed by atoms with Crippen LogP contribution in [-0.4, -0.2) is 38.2 Å². The molecule has 0 bridgehead atoms. The van der Waals surface area contributed by atoms with Gasteiger partial charge in [-0.05, 0) is 58.6 Å². The summed E-state index contributed by atoms with van der Waals surface area (Å²) < 4.78 is 16.3. The Morgan fingerprint density at radius 3 is 2.47 bits per heavy atom. The van der Waals surface area contributed by atoms with Crippen molar-refractivity contribution < 1.29 is 28.9 Å². The van der Waals surface area contributed by atoms with Gasteiger partial charge in [0.1, 0.15) is 5.75 Å². The van der Waals surface area contributed by atoms with Gasteiger partial charge in [-0.25, -0.2) is 4.79 Å². The lowest BCUT2D eigenvalue weighted by molar-refractivity contribution is -0.136. The normalized spacial score (nSPS) is 20.0. The summed E-state index contributed by atoms with van der Waals surface area (Å²) in [6.07, 6.45) is 0.863. The first-order valence-corrected chi connectivity index (χ1v) is 11.6. The van der Waals surface area contributed by atoms with Crippen LogP contribution < -0.4 is 14.8 Å². The van der Waals surface area contributed by atoms with Crippen molar-refractivity contribution in [1.29, 1.82) is 0 Å². The van der Waals surface area contributed by atoms with E-state index in [0.717, 1.165) is 17.0 Å². The predicted octanol–water partition coefficient (Wildman–Crippen LogP) is 4.71. The molecule has 0 fully saturated rings. The first-order valence-electron chi connectivity index (χ1n) is 10.8. The highest BCUT2D eigenvalue weighted by molar-refractivity contribution is 9.10. The van der Waals surface area contributed by atoms with Crippen LogP contribution in [0.3, 0.4) is 0 Å². The summed E-state index contributed by atoms with van der Waals surface area (Å²) in [5.41, 5.74) is 3.87. The Morgan fingerprint density at radius 1 is 1.09 bits per heavy atom. The Hall–Kier alpha value is -3.26. The molecule has 0 saturated heterocycles. The van der Waals surface area contributed by atoms with E-state index in [1.807, 2.05) is 24.3 Å². The fourth-order valence-corrected chi connectivity index (χ4v) is 5.35. The number of aromatic hydroxyl groups is 1. The first-order chi connectivity index (χ1) is 16.3. The van der Waals surface area contributed by atoms with Crippen LogP contribution in [0.4, 0.5) is 0 Å². The Balaban J connectivity index is 1.87. The lowest BCUT2D eigenvalue weighted by Gasteiger charge is -2.37. The molecule has 0 radical (unpaired) electrons. The van der Waals surface area contributed by atoms with E-state index in [1.165, 1.54) is 14.2 Å². The van der Waals surface area contributed by atoms with Gasteiger partial charge in [-0.1, -0.05) is 18.2 Å². The number of hydrogen-bond acceptors (Lipinski definition) is 7. The van der Waals surface area contributed by atoms with Crippen LogP contribution in [0.1, 0.15) is 42.7 Å². The zero-order valence-corrected chi connectivity index (χ0v) is 21.0. The molecule has 8 heteroatoms. The van der Waals surface area contributed by atoms with E-state index < -0.39 is 11.9 Å². The zero-order chi connectivity index (χ0) is 24.6. The van der Waals surface area contributed by atoms with Gasteiger partial charge in [0, 0.05) is 35.2 Å². The lowest BCUT2D eigenvalue weighted by atomic mass is 9.71. The molecule has 178 valence electrons. The highest BCUT2D eigenvalue weighted by Gasteiger charge is 2.42. The molecule has 7 nitrogen and oxygen atoms in total. The third-order valence-electron chi connectivity index (χ3n) is 6.42. The number of carbonyl (C=O) groups excluding carboxylic acids is 2. The van der Waals surface area contributed by atoms with Gasteiger partial charge in [0.2, 0.25) is 0 Å². The molecule has 2 N–H and O–H groups in total. The summed E-state index contributed by atoms with van der Waals surface area (Å²) in [4.78, 5) is 26.5. The fourth-order valence-electron chi connectivity index (χ4n) is 4.89. The van der Waals surface area contributed by atoms with Crippen molar-refractivity contribution in [2.24, 2.45) is 0 Å². The number of allylic oxidation sites excluding steroid dienone is 3. The lowest BCUT2D eigenvalue weighted by Crippen LogP contribution is -2.36. The molecule has 2 aromatic rings. The van der Waals surface area contributed by atoms with Crippen molar-refractivity contribution in [3.8, 4) is 17.2 Å². The summed E-state index contributed by atoms with van der Waals surface area (Å²) in [7, 11) is 4.39. The number of halogens is 1. The van der Waals surface area contributed by atoms with Gasteiger partial charge in [-0.2, -0.15) is 0 Å². The second kappa shape index (κ2) is 9.54. The molecule has 0 amide bonds. The average Bonchev–Trinajstić information content (AvgIpc) is 2.84. The second-order valence-corrected chi connectivity index (χ2v) is 9.16. The third kappa shape index (κ3) is 4.07. The molecule has 2 aliphatic rings.